The van der Waals surface area contributed by atoms with Crippen LogP contribution in [0, 0.1) is 0 Å². The van der Waals surface area contributed by atoms with Gasteiger partial charge in [-0.1, -0.05) is 60.2 Å². The SMILES string of the molecule is CC(C)=CCC(NC(=O)OCC1c2ccccc2-c2ccccc21)C(=O)NC1(C(=O)O)CCOC1. The van der Waals surface area contributed by atoms with Gasteiger partial charge in [-0.05, 0) is 42.5 Å². The first-order valence-corrected chi connectivity index (χ1v) is 11.7. The molecule has 2 aromatic rings. The molecule has 2 aromatic carbocycles. The summed E-state index contributed by atoms with van der Waals surface area (Å²) >= 11 is 0. The van der Waals surface area contributed by atoms with Crippen molar-refractivity contribution in [1.29, 1.82) is 0 Å². The normalized spacial score (nSPS) is 19.3. The molecule has 0 saturated carbocycles. The standard InChI is InChI=1S/C27H30N2O6/c1-17(2)11-12-23(24(30)29-27(25(31)32)13-14-34-16-27)28-26(33)35-15-22-20-9-5-3-7-18(20)19-8-4-6-10-21(19)22/h3-11,22-23H,12-16H2,1-2H3,(H,28,33)(H,29,30)(H,31,32). The first-order valence-electron chi connectivity index (χ1n) is 11.7. The Labute approximate surface area is 204 Å². The van der Waals surface area contributed by atoms with Gasteiger partial charge in [-0.25, -0.2) is 9.59 Å². The number of carboxylic acid groups (broad SMARTS) is 1. The Morgan fingerprint density at radius 2 is 1.74 bits per heavy atom. The number of benzene rings is 2. The highest BCUT2D eigenvalue weighted by molar-refractivity contribution is 5.91. The van der Waals surface area contributed by atoms with Gasteiger partial charge in [0.05, 0.1) is 6.61 Å². The number of carboxylic acids is 1. The number of hydrogen-bond acceptors (Lipinski definition) is 5. The first kappa shape index (κ1) is 24.5. The Kier molecular flexibility index (Phi) is 7.21. The summed E-state index contributed by atoms with van der Waals surface area (Å²) in [7, 11) is 0. The zero-order valence-electron chi connectivity index (χ0n) is 19.9. The Balaban J connectivity index is 1.44. The fraction of sp³-hybridized carbons (Fsp3) is 0.370. The number of carbonyl (C=O) groups excluding carboxylic acids is 2. The van der Waals surface area contributed by atoms with Gasteiger partial charge < -0.3 is 25.2 Å². The molecule has 1 aliphatic carbocycles. The number of hydrogen-bond donors (Lipinski definition) is 3. The van der Waals surface area contributed by atoms with Gasteiger partial charge in [-0.3, -0.25) is 4.79 Å². The molecule has 0 aromatic heterocycles. The lowest BCUT2D eigenvalue weighted by Crippen LogP contribution is -2.59. The van der Waals surface area contributed by atoms with E-state index in [0.717, 1.165) is 27.8 Å². The van der Waals surface area contributed by atoms with E-state index in [0.29, 0.717) is 0 Å². The third-order valence-electron chi connectivity index (χ3n) is 6.51. The van der Waals surface area contributed by atoms with Crippen LogP contribution in [-0.4, -0.2) is 54.5 Å². The third-order valence-corrected chi connectivity index (χ3v) is 6.51. The lowest BCUT2D eigenvalue weighted by molar-refractivity contribution is -0.147. The summed E-state index contributed by atoms with van der Waals surface area (Å²) in [6, 6.07) is 15.1. The van der Waals surface area contributed by atoms with Gasteiger partial charge >= 0.3 is 12.1 Å². The maximum Gasteiger partial charge on any atom is 0.407 e. The van der Waals surface area contributed by atoms with Crippen molar-refractivity contribution in [2.45, 2.75) is 44.2 Å². The van der Waals surface area contributed by atoms with Crippen molar-refractivity contribution in [3.05, 3.63) is 71.3 Å². The van der Waals surface area contributed by atoms with Crippen LogP contribution in [0.25, 0.3) is 11.1 Å². The molecular formula is C27H30N2O6. The molecule has 1 aliphatic heterocycles. The van der Waals surface area contributed by atoms with Crippen LogP contribution in [0.5, 0.6) is 0 Å². The Morgan fingerprint density at radius 3 is 2.29 bits per heavy atom. The highest BCUT2D eigenvalue weighted by atomic mass is 16.5. The Hall–Kier alpha value is -3.65. The minimum Gasteiger partial charge on any atom is -0.479 e. The molecule has 2 unspecified atom stereocenters. The molecule has 1 fully saturated rings. The number of amides is 2. The van der Waals surface area contributed by atoms with Crippen LogP contribution in [0.4, 0.5) is 4.79 Å². The molecule has 184 valence electrons. The molecule has 8 nitrogen and oxygen atoms in total. The summed E-state index contributed by atoms with van der Waals surface area (Å²) in [5.74, 6) is -1.86. The van der Waals surface area contributed by atoms with Gasteiger partial charge in [0.25, 0.3) is 0 Å². The number of alkyl carbamates (subject to hydrolysis) is 1. The van der Waals surface area contributed by atoms with E-state index in [9.17, 15) is 19.5 Å². The maximum atomic E-state index is 13.0. The summed E-state index contributed by atoms with van der Waals surface area (Å²) in [4.78, 5) is 37.6. The summed E-state index contributed by atoms with van der Waals surface area (Å²) in [6.07, 6.45) is 1.44. The number of ether oxygens (including phenoxy) is 2. The quantitative estimate of drug-likeness (QED) is 0.500. The predicted molar refractivity (Wildman–Crippen MR) is 130 cm³/mol. The van der Waals surface area contributed by atoms with E-state index in [1.165, 1.54) is 0 Å². The highest BCUT2D eigenvalue weighted by Crippen LogP contribution is 2.44. The lowest BCUT2D eigenvalue weighted by atomic mass is 9.98. The van der Waals surface area contributed by atoms with E-state index in [2.05, 4.69) is 22.8 Å². The van der Waals surface area contributed by atoms with Crippen LogP contribution < -0.4 is 10.6 Å². The monoisotopic (exact) mass is 478 g/mol. The highest BCUT2D eigenvalue weighted by Gasteiger charge is 2.45. The molecule has 3 N–H and O–H groups in total. The second-order valence-electron chi connectivity index (χ2n) is 9.22. The van der Waals surface area contributed by atoms with E-state index < -0.39 is 29.6 Å². The average Bonchev–Trinajstić information content (AvgIpc) is 3.44. The van der Waals surface area contributed by atoms with Crippen molar-refractivity contribution < 1.29 is 29.0 Å². The van der Waals surface area contributed by atoms with Crippen LogP contribution in [0.15, 0.2) is 60.2 Å². The lowest BCUT2D eigenvalue weighted by Gasteiger charge is -2.27. The Bertz CT molecular complexity index is 1100. The zero-order valence-corrected chi connectivity index (χ0v) is 19.9. The maximum absolute atomic E-state index is 13.0. The molecule has 1 saturated heterocycles. The molecule has 2 amide bonds. The fourth-order valence-corrected chi connectivity index (χ4v) is 4.58. The largest absolute Gasteiger partial charge is 0.479 e. The van der Waals surface area contributed by atoms with E-state index in [-0.39, 0.29) is 38.6 Å². The van der Waals surface area contributed by atoms with Gasteiger partial charge in [0.1, 0.15) is 12.6 Å². The van der Waals surface area contributed by atoms with Crippen molar-refractivity contribution in [3.8, 4) is 11.1 Å². The molecule has 4 rings (SSSR count). The second kappa shape index (κ2) is 10.3. The summed E-state index contributed by atoms with van der Waals surface area (Å²) in [5, 5.41) is 14.8. The number of rotatable bonds is 8. The minimum absolute atomic E-state index is 0.107. The summed E-state index contributed by atoms with van der Waals surface area (Å²) in [6.45, 7) is 4.00. The van der Waals surface area contributed by atoms with Crippen molar-refractivity contribution in [1.82, 2.24) is 10.6 Å². The summed E-state index contributed by atoms with van der Waals surface area (Å²) in [5.41, 5.74) is 3.89. The smallest absolute Gasteiger partial charge is 0.407 e. The van der Waals surface area contributed by atoms with Crippen molar-refractivity contribution >= 4 is 18.0 Å². The number of allylic oxidation sites excluding steroid dienone is 1. The van der Waals surface area contributed by atoms with Gasteiger partial charge in [0.2, 0.25) is 5.91 Å². The van der Waals surface area contributed by atoms with E-state index >= 15 is 0 Å². The second-order valence-corrected chi connectivity index (χ2v) is 9.22. The van der Waals surface area contributed by atoms with Crippen LogP contribution in [0.1, 0.15) is 43.7 Å². The van der Waals surface area contributed by atoms with Crippen LogP contribution in [-0.2, 0) is 19.1 Å². The number of carbonyl (C=O) groups is 3. The molecule has 2 aliphatic rings. The van der Waals surface area contributed by atoms with Crippen molar-refractivity contribution in [2.75, 3.05) is 19.8 Å². The number of nitrogens with one attached hydrogen (secondary N) is 2. The first-order chi connectivity index (χ1) is 16.8. The van der Waals surface area contributed by atoms with Crippen molar-refractivity contribution in [3.63, 3.8) is 0 Å². The fourth-order valence-electron chi connectivity index (χ4n) is 4.58. The predicted octanol–water partition coefficient (Wildman–Crippen LogP) is 3.61. The topological polar surface area (TPSA) is 114 Å². The minimum atomic E-state index is -1.50. The third kappa shape index (κ3) is 5.22. The molecule has 1 heterocycles. The summed E-state index contributed by atoms with van der Waals surface area (Å²) < 4.78 is 10.8. The molecule has 0 radical (unpaired) electrons. The average molecular weight is 479 g/mol. The van der Waals surface area contributed by atoms with Gasteiger partial charge in [-0.2, -0.15) is 0 Å². The number of aliphatic carboxylic acids is 1. The Morgan fingerprint density at radius 1 is 1.11 bits per heavy atom. The van der Waals surface area contributed by atoms with Crippen molar-refractivity contribution in [2.24, 2.45) is 0 Å². The van der Waals surface area contributed by atoms with Gasteiger partial charge in [0, 0.05) is 18.9 Å². The molecule has 8 heteroatoms. The van der Waals surface area contributed by atoms with E-state index in [1.807, 2.05) is 56.3 Å². The zero-order chi connectivity index (χ0) is 25.0. The van der Waals surface area contributed by atoms with Gasteiger partial charge in [0.15, 0.2) is 5.54 Å². The molecule has 0 bridgehead atoms. The molecule has 35 heavy (non-hydrogen) atoms. The van der Waals surface area contributed by atoms with E-state index in [1.54, 1.807) is 0 Å². The van der Waals surface area contributed by atoms with Crippen LogP contribution >= 0.6 is 0 Å². The molecule has 0 spiro atoms. The van der Waals surface area contributed by atoms with Gasteiger partial charge in [-0.15, -0.1) is 0 Å². The van der Waals surface area contributed by atoms with Crippen LogP contribution in [0.3, 0.4) is 0 Å². The molecular weight excluding hydrogens is 448 g/mol. The molecule has 2 atom stereocenters. The number of fused-ring (bicyclic) bond motifs is 3. The van der Waals surface area contributed by atoms with Crippen LogP contribution in [0.2, 0.25) is 0 Å². The van der Waals surface area contributed by atoms with E-state index in [4.69, 9.17) is 9.47 Å².